The Bertz CT molecular complexity index is 306. The summed E-state index contributed by atoms with van der Waals surface area (Å²) in [6.07, 6.45) is 0.805. The Morgan fingerprint density at radius 2 is 2.12 bits per heavy atom. The number of nitrogens with one attached hydrogen (secondary N) is 1. The maximum Gasteiger partial charge on any atom is 0.218 e. The van der Waals surface area contributed by atoms with Crippen molar-refractivity contribution in [3.63, 3.8) is 0 Å². The summed E-state index contributed by atoms with van der Waals surface area (Å²) in [4.78, 5) is 10.7. The maximum atomic E-state index is 5.57. The molecule has 1 N–H and O–H groups in total. The highest BCUT2D eigenvalue weighted by Gasteiger charge is 2.03. The molecule has 16 heavy (non-hydrogen) atoms. The van der Waals surface area contributed by atoms with Crippen molar-refractivity contribution < 1.29 is 4.74 Å². The fourth-order valence-corrected chi connectivity index (χ4v) is 1.17. The highest BCUT2D eigenvalue weighted by Crippen LogP contribution is 2.13. The van der Waals surface area contributed by atoms with E-state index in [0.717, 1.165) is 24.6 Å². The standard InChI is InChI=1S/C11H20N4O/c1-5-9-13-10(12-2)8-11(14-9)16-7-6-15(3)4/h8H,5-7H2,1-4H3,(H,12,13,14). The van der Waals surface area contributed by atoms with E-state index in [4.69, 9.17) is 4.74 Å². The van der Waals surface area contributed by atoms with Crippen LogP contribution in [-0.4, -0.2) is 49.2 Å². The summed E-state index contributed by atoms with van der Waals surface area (Å²) in [5, 5.41) is 3.00. The molecule has 0 fully saturated rings. The van der Waals surface area contributed by atoms with Gasteiger partial charge in [0.25, 0.3) is 0 Å². The van der Waals surface area contributed by atoms with Crippen molar-refractivity contribution in [3.8, 4) is 5.88 Å². The number of hydrogen-bond acceptors (Lipinski definition) is 5. The normalized spacial score (nSPS) is 10.6. The molecule has 0 saturated carbocycles. The summed E-state index contributed by atoms with van der Waals surface area (Å²) in [7, 11) is 5.87. The van der Waals surface area contributed by atoms with Crippen LogP contribution in [0.5, 0.6) is 5.88 Å². The molecule has 1 aromatic heterocycles. The predicted octanol–water partition coefficient (Wildman–Crippen LogP) is 1.02. The van der Waals surface area contributed by atoms with Crippen molar-refractivity contribution in [2.75, 3.05) is 39.6 Å². The topological polar surface area (TPSA) is 50.3 Å². The molecule has 0 radical (unpaired) electrons. The molecular weight excluding hydrogens is 204 g/mol. The van der Waals surface area contributed by atoms with Crippen molar-refractivity contribution in [2.45, 2.75) is 13.3 Å². The van der Waals surface area contributed by atoms with Gasteiger partial charge in [0.15, 0.2) is 0 Å². The van der Waals surface area contributed by atoms with Gasteiger partial charge in [-0.2, -0.15) is 4.98 Å². The summed E-state index contributed by atoms with van der Waals surface area (Å²) in [5.41, 5.74) is 0. The minimum absolute atomic E-state index is 0.635. The minimum atomic E-state index is 0.635. The molecule has 0 atom stereocenters. The van der Waals surface area contributed by atoms with Crippen molar-refractivity contribution in [1.29, 1.82) is 0 Å². The lowest BCUT2D eigenvalue weighted by Gasteiger charge is -2.11. The van der Waals surface area contributed by atoms with E-state index < -0.39 is 0 Å². The van der Waals surface area contributed by atoms with Gasteiger partial charge in [0.1, 0.15) is 18.2 Å². The van der Waals surface area contributed by atoms with Gasteiger partial charge in [0, 0.05) is 26.1 Å². The molecule has 5 nitrogen and oxygen atoms in total. The van der Waals surface area contributed by atoms with Crippen LogP contribution in [-0.2, 0) is 6.42 Å². The Labute approximate surface area is 96.8 Å². The molecule has 0 saturated heterocycles. The zero-order chi connectivity index (χ0) is 12.0. The first-order valence-corrected chi connectivity index (χ1v) is 5.49. The Balaban J connectivity index is 2.64. The number of rotatable bonds is 6. The van der Waals surface area contributed by atoms with E-state index in [2.05, 4.69) is 20.2 Å². The highest BCUT2D eigenvalue weighted by atomic mass is 16.5. The molecule has 0 aliphatic carbocycles. The van der Waals surface area contributed by atoms with Crippen molar-refractivity contribution in [1.82, 2.24) is 14.9 Å². The van der Waals surface area contributed by atoms with Crippen LogP contribution in [0.15, 0.2) is 6.07 Å². The average Bonchev–Trinajstić information content (AvgIpc) is 2.28. The Morgan fingerprint density at radius 1 is 1.38 bits per heavy atom. The number of anilines is 1. The number of nitrogens with zero attached hydrogens (tertiary/aromatic N) is 3. The fourth-order valence-electron chi connectivity index (χ4n) is 1.17. The summed E-state index contributed by atoms with van der Waals surface area (Å²) in [6, 6.07) is 1.81. The predicted molar refractivity (Wildman–Crippen MR) is 65.0 cm³/mol. The van der Waals surface area contributed by atoms with Crippen LogP contribution in [0.3, 0.4) is 0 Å². The van der Waals surface area contributed by atoms with Gasteiger partial charge in [-0.15, -0.1) is 0 Å². The lowest BCUT2D eigenvalue weighted by Crippen LogP contribution is -2.20. The van der Waals surface area contributed by atoms with E-state index in [1.807, 2.05) is 34.1 Å². The second-order valence-electron chi connectivity index (χ2n) is 3.76. The molecule has 0 aliphatic heterocycles. The zero-order valence-electron chi connectivity index (χ0n) is 10.4. The number of aryl methyl sites for hydroxylation is 1. The smallest absolute Gasteiger partial charge is 0.218 e. The molecule has 90 valence electrons. The van der Waals surface area contributed by atoms with Gasteiger partial charge < -0.3 is 15.0 Å². The second-order valence-corrected chi connectivity index (χ2v) is 3.76. The van der Waals surface area contributed by atoms with Crippen LogP contribution >= 0.6 is 0 Å². The van der Waals surface area contributed by atoms with Crippen molar-refractivity contribution in [3.05, 3.63) is 11.9 Å². The average molecular weight is 224 g/mol. The lowest BCUT2D eigenvalue weighted by atomic mass is 10.4. The van der Waals surface area contributed by atoms with Gasteiger partial charge in [-0.25, -0.2) is 4.98 Å². The van der Waals surface area contributed by atoms with E-state index >= 15 is 0 Å². The zero-order valence-corrected chi connectivity index (χ0v) is 10.4. The Hall–Kier alpha value is -1.36. The van der Waals surface area contributed by atoms with E-state index in [1.165, 1.54) is 0 Å². The van der Waals surface area contributed by atoms with Crippen LogP contribution < -0.4 is 10.1 Å². The van der Waals surface area contributed by atoms with Gasteiger partial charge in [0.05, 0.1) is 0 Å². The van der Waals surface area contributed by atoms with Gasteiger partial charge >= 0.3 is 0 Å². The fraction of sp³-hybridized carbons (Fsp3) is 0.636. The molecule has 0 spiro atoms. The summed E-state index contributed by atoms with van der Waals surface area (Å²) in [5.74, 6) is 2.23. The number of aromatic nitrogens is 2. The summed E-state index contributed by atoms with van der Waals surface area (Å²) in [6.45, 7) is 3.54. The lowest BCUT2D eigenvalue weighted by molar-refractivity contribution is 0.253. The SMILES string of the molecule is CCc1nc(NC)cc(OCCN(C)C)n1. The molecule has 0 amide bonds. The summed E-state index contributed by atoms with van der Waals surface area (Å²) < 4.78 is 5.57. The first-order chi connectivity index (χ1) is 7.65. The molecule has 0 bridgehead atoms. The van der Waals surface area contributed by atoms with Gasteiger partial charge in [-0.1, -0.05) is 6.92 Å². The van der Waals surface area contributed by atoms with Crippen LogP contribution in [0.25, 0.3) is 0 Å². The highest BCUT2D eigenvalue weighted by molar-refractivity contribution is 5.37. The quantitative estimate of drug-likeness (QED) is 0.782. The molecule has 0 aromatic carbocycles. The third kappa shape index (κ3) is 4.02. The van der Waals surface area contributed by atoms with Crippen LogP contribution in [0.1, 0.15) is 12.7 Å². The molecule has 1 aromatic rings. The molecule has 1 rings (SSSR count). The third-order valence-corrected chi connectivity index (χ3v) is 2.11. The largest absolute Gasteiger partial charge is 0.476 e. The molecule has 0 aliphatic rings. The third-order valence-electron chi connectivity index (χ3n) is 2.11. The first-order valence-electron chi connectivity index (χ1n) is 5.49. The maximum absolute atomic E-state index is 5.57. The summed E-state index contributed by atoms with van der Waals surface area (Å²) >= 11 is 0. The van der Waals surface area contributed by atoms with Crippen LogP contribution in [0, 0.1) is 0 Å². The van der Waals surface area contributed by atoms with Crippen molar-refractivity contribution in [2.24, 2.45) is 0 Å². The van der Waals surface area contributed by atoms with Gasteiger partial charge in [0.2, 0.25) is 5.88 Å². The Morgan fingerprint density at radius 3 is 2.69 bits per heavy atom. The molecular formula is C11H20N4O. The van der Waals surface area contributed by atoms with Crippen molar-refractivity contribution >= 4 is 5.82 Å². The molecule has 5 heteroatoms. The Kier molecular flexibility index (Phi) is 4.98. The first kappa shape index (κ1) is 12.7. The second kappa shape index (κ2) is 6.27. The monoisotopic (exact) mass is 224 g/mol. The van der Waals surface area contributed by atoms with Crippen LogP contribution in [0.4, 0.5) is 5.82 Å². The van der Waals surface area contributed by atoms with E-state index in [9.17, 15) is 0 Å². The van der Waals surface area contributed by atoms with Gasteiger partial charge in [-0.3, -0.25) is 0 Å². The van der Waals surface area contributed by atoms with E-state index in [1.54, 1.807) is 0 Å². The molecule has 1 heterocycles. The van der Waals surface area contributed by atoms with E-state index in [0.29, 0.717) is 12.5 Å². The number of hydrogen-bond donors (Lipinski definition) is 1. The molecule has 0 unspecified atom stereocenters. The van der Waals surface area contributed by atoms with Crippen LogP contribution in [0.2, 0.25) is 0 Å². The number of likely N-dealkylation sites (N-methyl/N-ethyl adjacent to an activating group) is 1. The van der Waals surface area contributed by atoms with Gasteiger partial charge in [-0.05, 0) is 14.1 Å². The number of ether oxygens (including phenoxy) is 1. The minimum Gasteiger partial charge on any atom is -0.476 e. The van der Waals surface area contributed by atoms with E-state index in [-0.39, 0.29) is 0 Å².